The second kappa shape index (κ2) is 7.90. The van der Waals surface area contributed by atoms with Crippen LogP contribution in [0.25, 0.3) is 0 Å². The monoisotopic (exact) mass is 473 g/mol. The smallest absolute Gasteiger partial charge is 0.280 e. The Morgan fingerprint density at radius 2 is 1.86 bits per heavy atom. The molecule has 1 atom stereocenters. The Kier molecular flexibility index (Phi) is 4.91. The first-order chi connectivity index (χ1) is 16.8. The third kappa shape index (κ3) is 3.66. The van der Waals surface area contributed by atoms with Crippen LogP contribution in [0.2, 0.25) is 0 Å². The van der Waals surface area contributed by atoms with E-state index in [0.717, 1.165) is 55.7 Å². The Bertz CT molecular complexity index is 1340. The highest BCUT2D eigenvalue weighted by atomic mass is 19.1. The maximum atomic E-state index is 13.7. The van der Waals surface area contributed by atoms with E-state index in [2.05, 4.69) is 19.9 Å². The fraction of sp³-hybridized carbons (Fsp3) is 0.385. The summed E-state index contributed by atoms with van der Waals surface area (Å²) in [6, 6.07) is 8.68. The van der Waals surface area contributed by atoms with Crippen molar-refractivity contribution in [2.24, 2.45) is 5.41 Å². The molecule has 1 aromatic carbocycles. The van der Waals surface area contributed by atoms with Crippen molar-refractivity contribution in [3.05, 3.63) is 64.9 Å². The molecule has 4 N–H and O–H groups in total. The fourth-order valence-electron chi connectivity index (χ4n) is 5.93. The summed E-state index contributed by atoms with van der Waals surface area (Å²) in [6.07, 6.45) is 5.54. The number of hydrogen-bond donors (Lipinski definition) is 2. The van der Waals surface area contributed by atoms with Crippen LogP contribution in [-0.4, -0.2) is 40.5 Å². The van der Waals surface area contributed by atoms with Crippen molar-refractivity contribution in [1.82, 2.24) is 15.0 Å². The molecule has 1 unspecified atom stereocenters. The zero-order chi connectivity index (χ0) is 24.3. The topological polar surface area (TPSA) is 114 Å². The molecule has 180 valence electrons. The van der Waals surface area contributed by atoms with Crippen molar-refractivity contribution in [2.45, 2.75) is 38.5 Å². The summed E-state index contributed by atoms with van der Waals surface area (Å²) in [5, 5.41) is 0. The van der Waals surface area contributed by atoms with E-state index in [-0.39, 0.29) is 34.6 Å². The highest BCUT2D eigenvalue weighted by Crippen LogP contribution is 2.45. The Morgan fingerprint density at radius 1 is 1.09 bits per heavy atom. The van der Waals surface area contributed by atoms with Crippen molar-refractivity contribution < 1.29 is 9.18 Å². The molecule has 1 amide bonds. The van der Waals surface area contributed by atoms with E-state index in [1.807, 2.05) is 19.1 Å². The van der Waals surface area contributed by atoms with E-state index >= 15 is 0 Å². The minimum Gasteiger partial charge on any atom is -0.384 e. The molecule has 3 aromatic rings. The van der Waals surface area contributed by atoms with Crippen LogP contribution in [0.3, 0.4) is 0 Å². The van der Waals surface area contributed by atoms with Gasteiger partial charge < -0.3 is 21.3 Å². The predicted molar refractivity (Wildman–Crippen MR) is 133 cm³/mol. The van der Waals surface area contributed by atoms with Crippen molar-refractivity contribution in [2.75, 3.05) is 40.9 Å². The SMILES string of the molecule is CC1CN(C(=O)c2ncc(N3CCC4(CC3)Cc3ccc(F)cc3C4)nc2N)c2ccc(N)nc21. The molecule has 1 fully saturated rings. The first-order valence-electron chi connectivity index (χ1n) is 12.0. The fourth-order valence-corrected chi connectivity index (χ4v) is 5.93. The maximum Gasteiger partial charge on any atom is 0.280 e. The molecule has 2 aliphatic heterocycles. The lowest BCUT2D eigenvalue weighted by molar-refractivity contribution is 0.0984. The lowest BCUT2D eigenvalue weighted by Gasteiger charge is -2.40. The first-order valence-corrected chi connectivity index (χ1v) is 12.0. The molecule has 1 spiro atoms. The number of fused-ring (bicyclic) bond motifs is 2. The molecule has 3 aliphatic rings. The minimum atomic E-state index is -0.285. The number of aromatic nitrogens is 3. The largest absolute Gasteiger partial charge is 0.384 e. The lowest BCUT2D eigenvalue weighted by atomic mass is 9.76. The summed E-state index contributed by atoms with van der Waals surface area (Å²) in [5.74, 6) is 0.870. The van der Waals surface area contributed by atoms with Gasteiger partial charge in [0.05, 0.1) is 17.6 Å². The second-order valence-corrected chi connectivity index (χ2v) is 10.2. The van der Waals surface area contributed by atoms with E-state index in [9.17, 15) is 9.18 Å². The maximum absolute atomic E-state index is 13.7. The van der Waals surface area contributed by atoms with Gasteiger partial charge in [0.25, 0.3) is 5.91 Å². The van der Waals surface area contributed by atoms with Gasteiger partial charge in [-0.25, -0.2) is 19.3 Å². The number of pyridine rings is 1. The number of hydrogen-bond acceptors (Lipinski definition) is 7. The minimum absolute atomic E-state index is 0.0739. The molecular formula is C26H28FN7O. The van der Waals surface area contributed by atoms with Crippen LogP contribution in [0.4, 0.5) is 27.5 Å². The predicted octanol–water partition coefficient (Wildman–Crippen LogP) is 3.32. The zero-order valence-corrected chi connectivity index (χ0v) is 19.7. The van der Waals surface area contributed by atoms with Gasteiger partial charge in [-0.2, -0.15) is 0 Å². The van der Waals surface area contributed by atoms with E-state index in [4.69, 9.17) is 11.5 Å². The van der Waals surface area contributed by atoms with Crippen molar-refractivity contribution in [3.8, 4) is 0 Å². The summed E-state index contributed by atoms with van der Waals surface area (Å²) in [6.45, 7) is 4.15. The first kappa shape index (κ1) is 21.8. The third-order valence-corrected chi connectivity index (χ3v) is 7.82. The summed E-state index contributed by atoms with van der Waals surface area (Å²) >= 11 is 0. The highest BCUT2D eigenvalue weighted by molar-refractivity contribution is 6.08. The summed E-state index contributed by atoms with van der Waals surface area (Å²) in [4.78, 5) is 30.5. The third-order valence-electron chi connectivity index (χ3n) is 7.82. The van der Waals surface area contributed by atoms with Crippen LogP contribution >= 0.6 is 0 Å². The molecule has 4 heterocycles. The number of anilines is 4. The Hall–Kier alpha value is -3.75. The summed E-state index contributed by atoms with van der Waals surface area (Å²) in [7, 11) is 0. The van der Waals surface area contributed by atoms with Gasteiger partial charge in [-0.05, 0) is 66.5 Å². The van der Waals surface area contributed by atoms with Crippen LogP contribution in [-0.2, 0) is 12.8 Å². The molecule has 0 bridgehead atoms. The van der Waals surface area contributed by atoms with Gasteiger partial charge in [0.2, 0.25) is 0 Å². The molecule has 8 nitrogen and oxygen atoms in total. The molecule has 0 radical (unpaired) electrons. The quantitative estimate of drug-likeness (QED) is 0.587. The lowest BCUT2D eigenvalue weighted by Crippen LogP contribution is -2.41. The molecule has 6 rings (SSSR count). The number of piperidine rings is 1. The van der Waals surface area contributed by atoms with Gasteiger partial charge >= 0.3 is 0 Å². The number of amides is 1. The number of nitrogens with zero attached hydrogens (tertiary/aromatic N) is 5. The number of nitrogen functional groups attached to an aromatic ring is 2. The Labute approximate surface area is 203 Å². The van der Waals surface area contributed by atoms with Gasteiger partial charge in [-0.1, -0.05) is 13.0 Å². The number of rotatable bonds is 2. The van der Waals surface area contributed by atoms with Crippen LogP contribution in [0.15, 0.2) is 36.5 Å². The second-order valence-electron chi connectivity index (χ2n) is 10.2. The van der Waals surface area contributed by atoms with Crippen LogP contribution in [0.1, 0.15) is 53.0 Å². The number of nitrogens with two attached hydrogens (primary N) is 2. The van der Waals surface area contributed by atoms with E-state index in [0.29, 0.717) is 18.2 Å². The number of carbonyl (C=O) groups excluding carboxylic acids is 1. The molecule has 1 saturated heterocycles. The average molecular weight is 474 g/mol. The number of carbonyl (C=O) groups is 1. The van der Waals surface area contributed by atoms with E-state index in [1.165, 1.54) is 5.56 Å². The van der Waals surface area contributed by atoms with Crippen molar-refractivity contribution in [3.63, 3.8) is 0 Å². The molecule has 1 aliphatic carbocycles. The molecule has 2 aromatic heterocycles. The van der Waals surface area contributed by atoms with Gasteiger partial charge in [-0.3, -0.25) is 4.79 Å². The molecular weight excluding hydrogens is 445 g/mol. The van der Waals surface area contributed by atoms with Gasteiger partial charge in [-0.15, -0.1) is 0 Å². The summed E-state index contributed by atoms with van der Waals surface area (Å²) < 4.78 is 13.7. The van der Waals surface area contributed by atoms with Crippen LogP contribution in [0.5, 0.6) is 0 Å². The Morgan fingerprint density at radius 3 is 2.63 bits per heavy atom. The normalized spacial score (nSPS) is 20.2. The average Bonchev–Trinajstić information content (AvgIpc) is 3.35. The standard InChI is InChI=1S/C26H28FN7O/c1-15-14-34(19-4-5-20(28)31-22(15)19)25(35)23-24(29)32-21(13-30-23)33-8-6-26(7-9-33)11-16-2-3-18(27)10-17(16)12-26/h2-5,10,13,15H,6-9,11-12,14H2,1H3,(H2,28,31)(H2,29,32). The van der Waals surface area contributed by atoms with Gasteiger partial charge in [0.1, 0.15) is 17.5 Å². The zero-order valence-electron chi connectivity index (χ0n) is 19.7. The summed E-state index contributed by atoms with van der Waals surface area (Å²) in [5.41, 5.74) is 16.3. The number of benzene rings is 1. The van der Waals surface area contributed by atoms with E-state index < -0.39 is 0 Å². The number of halogens is 1. The van der Waals surface area contributed by atoms with Crippen molar-refractivity contribution in [1.29, 1.82) is 0 Å². The molecule has 9 heteroatoms. The molecule has 35 heavy (non-hydrogen) atoms. The highest BCUT2D eigenvalue weighted by Gasteiger charge is 2.40. The molecule has 0 saturated carbocycles. The van der Waals surface area contributed by atoms with Gasteiger partial charge in [0.15, 0.2) is 11.5 Å². The van der Waals surface area contributed by atoms with Crippen LogP contribution in [0, 0.1) is 11.2 Å². The van der Waals surface area contributed by atoms with Crippen LogP contribution < -0.4 is 21.3 Å². The van der Waals surface area contributed by atoms with E-state index in [1.54, 1.807) is 29.3 Å². The van der Waals surface area contributed by atoms with Crippen molar-refractivity contribution >= 4 is 29.0 Å². The van der Waals surface area contributed by atoms with Gasteiger partial charge in [0, 0.05) is 25.6 Å². The Balaban J connectivity index is 1.16.